The molecule has 6 rings (SSSR count). The monoisotopic (exact) mass is 898 g/mol. The molecule has 5 heterocycles. The minimum atomic E-state index is -3.37. The van der Waals surface area contributed by atoms with Gasteiger partial charge in [0.15, 0.2) is 21.3 Å². The minimum Gasteiger partial charge on any atom is -0.444 e. The molecule has 0 radical (unpaired) electrons. The zero-order valence-electron chi connectivity index (χ0n) is 34.9. The van der Waals surface area contributed by atoms with Crippen LogP contribution in [0.2, 0.25) is 51.4 Å². The van der Waals surface area contributed by atoms with Crippen molar-refractivity contribution in [2.75, 3.05) is 43.1 Å². The van der Waals surface area contributed by atoms with Gasteiger partial charge >= 0.3 is 6.09 Å². The topological polar surface area (TPSA) is 128 Å². The average molecular weight is 900 g/mol. The Labute approximate surface area is 348 Å². The molecule has 1 aromatic carbocycles. The Morgan fingerprint density at radius 1 is 0.877 bits per heavy atom. The van der Waals surface area contributed by atoms with Crippen molar-refractivity contribution >= 4 is 59.5 Å². The van der Waals surface area contributed by atoms with Crippen LogP contribution in [0.4, 0.5) is 10.6 Å². The summed E-state index contributed by atoms with van der Waals surface area (Å²) in [5, 5.41) is 4.93. The van der Waals surface area contributed by atoms with Crippen LogP contribution in [-0.4, -0.2) is 111 Å². The van der Waals surface area contributed by atoms with Gasteiger partial charge in [0.1, 0.15) is 19.1 Å². The van der Waals surface area contributed by atoms with Crippen LogP contribution in [0.1, 0.15) is 45.2 Å². The number of hydrogen-bond donors (Lipinski definition) is 0. The summed E-state index contributed by atoms with van der Waals surface area (Å²) in [5.74, 6) is 0.330. The number of anilines is 1. The Hall–Kier alpha value is -3.16. The standard InChI is InChI=1S/C41H59BrN6O6SSi2/c1-41(2,3)54-40(49)47-32-21-31(22-33(47)26-55(50,51)25-32)37-36(42)39(46(27-52-17-19-56(4,5)6)28-53-18-20-57(7,8)9)48-38(45-37)34(24-44-48)30-15-16-35(43-23-30)29-13-11-10-12-14-29/h10-16,23-24,31-33H,17-22,25-28H2,1-9H3. The van der Waals surface area contributed by atoms with Gasteiger partial charge in [0.05, 0.1) is 33.6 Å². The van der Waals surface area contributed by atoms with E-state index < -0.39 is 49.8 Å². The van der Waals surface area contributed by atoms with E-state index in [9.17, 15) is 13.2 Å². The van der Waals surface area contributed by atoms with Crippen molar-refractivity contribution in [1.82, 2.24) is 24.5 Å². The average Bonchev–Trinajstić information content (AvgIpc) is 3.52. The number of hydrogen-bond acceptors (Lipinski definition) is 10. The van der Waals surface area contributed by atoms with Crippen molar-refractivity contribution in [3.05, 3.63) is 65.0 Å². The van der Waals surface area contributed by atoms with E-state index in [0.717, 1.165) is 50.5 Å². The van der Waals surface area contributed by atoms with Gasteiger partial charge in [-0.25, -0.2) is 18.2 Å². The highest BCUT2D eigenvalue weighted by atomic mass is 79.9. The summed E-state index contributed by atoms with van der Waals surface area (Å²) in [5.41, 5.74) is 4.27. The van der Waals surface area contributed by atoms with Crippen LogP contribution in [0.15, 0.2) is 59.3 Å². The molecule has 2 saturated heterocycles. The van der Waals surface area contributed by atoms with Gasteiger partial charge < -0.3 is 24.0 Å². The molecule has 2 bridgehead atoms. The molecule has 2 unspecified atom stereocenters. The largest absolute Gasteiger partial charge is 0.444 e. The second-order valence-electron chi connectivity index (χ2n) is 18.9. The number of carbonyl (C=O) groups excluding carboxylic acids is 1. The minimum absolute atomic E-state index is 0.120. The highest BCUT2D eigenvalue weighted by Gasteiger charge is 2.48. The first kappa shape index (κ1) is 43.4. The molecular formula is C41H59BrN6O6SSi2. The van der Waals surface area contributed by atoms with Crippen LogP contribution in [0, 0.1) is 0 Å². The molecule has 0 N–H and O–H groups in total. The molecule has 0 spiro atoms. The number of ether oxygens (including phenoxy) is 3. The van der Waals surface area contributed by atoms with Crippen molar-refractivity contribution in [2.45, 2.75) is 109 Å². The molecule has 2 aliphatic heterocycles. The fraction of sp³-hybridized carbons (Fsp3) is 0.561. The highest BCUT2D eigenvalue weighted by Crippen LogP contribution is 2.44. The van der Waals surface area contributed by atoms with Crippen molar-refractivity contribution in [2.24, 2.45) is 0 Å². The second-order valence-corrected chi connectivity index (χ2v) is 33.1. The number of piperidine rings is 1. The third kappa shape index (κ3) is 11.1. The summed E-state index contributed by atoms with van der Waals surface area (Å²) >= 11 is 4.01. The number of carbonyl (C=O) groups is 1. The lowest BCUT2D eigenvalue weighted by Crippen LogP contribution is -2.61. The first-order chi connectivity index (χ1) is 26.7. The molecule has 57 heavy (non-hydrogen) atoms. The number of amides is 1. The van der Waals surface area contributed by atoms with Gasteiger partial charge in [-0.2, -0.15) is 9.61 Å². The van der Waals surface area contributed by atoms with Crippen molar-refractivity contribution < 1.29 is 27.4 Å². The van der Waals surface area contributed by atoms with Crippen LogP contribution < -0.4 is 4.90 Å². The van der Waals surface area contributed by atoms with Crippen LogP contribution in [0.25, 0.3) is 28.0 Å². The molecule has 3 aromatic heterocycles. The van der Waals surface area contributed by atoms with Gasteiger partial charge in [-0.3, -0.25) is 4.98 Å². The number of fused-ring (bicyclic) bond motifs is 3. The molecule has 4 aromatic rings. The first-order valence-corrected chi connectivity index (χ1v) is 29.9. The normalized spacial score (nSPS) is 19.8. The lowest BCUT2D eigenvalue weighted by Gasteiger charge is -2.48. The number of rotatable bonds is 14. The Kier molecular flexibility index (Phi) is 13.1. The van der Waals surface area contributed by atoms with Crippen LogP contribution in [0.3, 0.4) is 0 Å². The maximum atomic E-state index is 13.6. The SMILES string of the molecule is CC(C)(C)OC(=O)N1C2CC(c3nc4c(-c5ccc(-c6ccccc6)nc5)cnn4c(N(COCC[Si](C)(C)C)COCC[Si](C)(C)C)c3Br)CC1CS(=O)(=O)C2. The summed E-state index contributed by atoms with van der Waals surface area (Å²) < 4.78 is 47.5. The lowest BCUT2D eigenvalue weighted by atomic mass is 9.84. The van der Waals surface area contributed by atoms with Crippen molar-refractivity contribution in [1.29, 1.82) is 0 Å². The number of halogens is 1. The molecule has 16 heteroatoms. The molecule has 2 atom stereocenters. The molecule has 0 saturated carbocycles. The lowest BCUT2D eigenvalue weighted by molar-refractivity contribution is -0.00381. The zero-order valence-corrected chi connectivity index (χ0v) is 39.3. The van der Waals surface area contributed by atoms with Gasteiger partial charge in [-0.05, 0) is 67.7 Å². The Bertz CT molecular complexity index is 2090. The molecule has 1 amide bonds. The van der Waals surface area contributed by atoms with Crippen LogP contribution in [-0.2, 0) is 24.0 Å². The van der Waals surface area contributed by atoms with Gasteiger partial charge in [-0.1, -0.05) is 75.7 Å². The Morgan fingerprint density at radius 3 is 2.00 bits per heavy atom. The highest BCUT2D eigenvalue weighted by molar-refractivity contribution is 9.10. The number of nitrogens with zero attached hydrogens (tertiary/aromatic N) is 6. The Morgan fingerprint density at radius 2 is 1.47 bits per heavy atom. The van der Waals surface area contributed by atoms with E-state index in [1.54, 1.807) is 4.90 Å². The zero-order chi connectivity index (χ0) is 41.3. The third-order valence-electron chi connectivity index (χ3n) is 10.3. The van der Waals surface area contributed by atoms with Gasteiger partial charge in [0, 0.05) is 70.3 Å². The van der Waals surface area contributed by atoms with E-state index in [-0.39, 0.29) is 30.9 Å². The number of pyridine rings is 1. The molecule has 2 aliphatic rings. The Balaban J connectivity index is 1.43. The fourth-order valence-electron chi connectivity index (χ4n) is 7.39. The van der Waals surface area contributed by atoms with E-state index in [0.29, 0.717) is 31.7 Å². The van der Waals surface area contributed by atoms with E-state index in [2.05, 4.69) is 60.1 Å². The van der Waals surface area contributed by atoms with E-state index in [1.165, 1.54) is 0 Å². The van der Waals surface area contributed by atoms with E-state index in [4.69, 9.17) is 29.3 Å². The van der Waals surface area contributed by atoms with Crippen molar-refractivity contribution in [3.63, 3.8) is 0 Å². The molecule has 310 valence electrons. The number of sulfone groups is 1. The fourth-order valence-corrected chi connectivity index (χ4v) is 11.6. The molecule has 2 fully saturated rings. The maximum absolute atomic E-state index is 13.6. The second kappa shape index (κ2) is 17.2. The molecule has 12 nitrogen and oxygen atoms in total. The predicted molar refractivity (Wildman–Crippen MR) is 236 cm³/mol. The third-order valence-corrected chi connectivity index (χ3v) is 16.3. The van der Waals surface area contributed by atoms with E-state index >= 15 is 0 Å². The van der Waals surface area contributed by atoms with E-state index in [1.807, 2.05) is 80.1 Å². The van der Waals surface area contributed by atoms with Crippen LogP contribution in [0.5, 0.6) is 0 Å². The van der Waals surface area contributed by atoms with Gasteiger partial charge in [-0.15, -0.1) is 0 Å². The predicted octanol–water partition coefficient (Wildman–Crippen LogP) is 8.93. The van der Waals surface area contributed by atoms with Gasteiger partial charge in [0.2, 0.25) is 0 Å². The van der Waals surface area contributed by atoms with Gasteiger partial charge in [0.25, 0.3) is 0 Å². The van der Waals surface area contributed by atoms with Crippen LogP contribution >= 0.6 is 15.9 Å². The van der Waals surface area contributed by atoms with Crippen molar-refractivity contribution in [3.8, 4) is 22.4 Å². The quantitative estimate of drug-likeness (QED) is 0.0688. The number of benzene rings is 1. The summed E-state index contributed by atoms with van der Waals surface area (Å²) in [6.07, 6.45) is 4.02. The molecule has 0 aliphatic carbocycles. The summed E-state index contributed by atoms with van der Waals surface area (Å²) in [7, 11) is -6.06. The smallest absolute Gasteiger partial charge is 0.410 e. The first-order valence-electron chi connectivity index (χ1n) is 19.9. The summed E-state index contributed by atoms with van der Waals surface area (Å²) in [6.45, 7) is 21.3. The maximum Gasteiger partial charge on any atom is 0.410 e. The summed E-state index contributed by atoms with van der Waals surface area (Å²) in [6, 6.07) is 15.0. The number of aromatic nitrogens is 4. The molecular weight excluding hydrogens is 841 g/mol. The summed E-state index contributed by atoms with van der Waals surface area (Å²) in [4.78, 5) is 27.5.